The number of rotatable bonds is 8. The lowest BCUT2D eigenvalue weighted by Crippen LogP contribution is -2.17. The van der Waals surface area contributed by atoms with E-state index in [9.17, 15) is 0 Å². The second-order valence-corrected chi connectivity index (χ2v) is 4.27. The van der Waals surface area contributed by atoms with Gasteiger partial charge in [0, 0.05) is 13.7 Å². The van der Waals surface area contributed by atoms with Crippen LogP contribution in [0, 0.1) is 6.92 Å². The first-order valence-electron chi connectivity index (χ1n) is 6.40. The molecule has 0 amide bonds. The lowest BCUT2D eigenvalue weighted by atomic mass is 10.3. The number of nitrogens with one attached hydrogen (secondary N) is 1. The summed E-state index contributed by atoms with van der Waals surface area (Å²) >= 11 is 0. The number of aromatic nitrogens is 2. The van der Waals surface area contributed by atoms with Crippen LogP contribution in [0.3, 0.4) is 0 Å². The molecule has 5 nitrogen and oxygen atoms in total. The van der Waals surface area contributed by atoms with Crippen molar-refractivity contribution in [1.29, 1.82) is 0 Å². The van der Waals surface area contributed by atoms with Gasteiger partial charge in [0.05, 0.1) is 12.3 Å². The molecule has 0 spiro atoms. The Kier molecular flexibility index (Phi) is 8.87. The molecule has 0 aliphatic heterocycles. The zero-order valence-corrected chi connectivity index (χ0v) is 11.7. The van der Waals surface area contributed by atoms with E-state index in [0.29, 0.717) is 12.4 Å². The minimum Gasteiger partial charge on any atom is -0.485 e. The van der Waals surface area contributed by atoms with Crippen LogP contribution in [0.15, 0.2) is 6.20 Å². The van der Waals surface area contributed by atoms with E-state index in [1.54, 1.807) is 13.3 Å². The maximum atomic E-state index is 5.66. The maximum Gasteiger partial charge on any atom is 0.179 e. The Morgan fingerprint density at radius 3 is 2.79 bits per heavy atom. The van der Waals surface area contributed by atoms with Crippen molar-refractivity contribution in [2.24, 2.45) is 0 Å². The summed E-state index contributed by atoms with van der Waals surface area (Å²) in [5.74, 6) is 2.18. The molecule has 19 heavy (non-hydrogen) atoms. The predicted molar refractivity (Wildman–Crippen MR) is 78.9 cm³/mol. The molecule has 0 bridgehead atoms. The number of unbranched alkanes of at least 4 members (excludes halogenated alkanes) is 1. The third-order valence-electron chi connectivity index (χ3n) is 2.57. The molecule has 0 saturated heterocycles. The standard InChI is InChI=1S/C13H23N3O2.CH4/c1-5-6-7-14-13-12(8-15-11(3)16-13)18-9-10(2)17-4;/h8,10H,5-7,9H2,1-4H3,(H,14,15,16);1H4. The molecule has 1 rings (SSSR count). The van der Waals surface area contributed by atoms with Crippen LogP contribution in [0.5, 0.6) is 5.75 Å². The third-order valence-corrected chi connectivity index (χ3v) is 2.57. The van der Waals surface area contributed by atoms with E-state index in [1.807, 2.05) is 13.8 Å². The lowest BCUT2D eigenvalue weighted by molar-refractivity contribution is 0.0716. The van der Waals surface area contributed by atoms with Gasteiger partial charge >= 0.3 is 0 Å². The van der Waals surface area contributed by atoms with Crippen molar-refractivity contribution in [1.82, 2.24) is 9.97 Å². The Bertz CT molecular complexity index is 359. The molecule has 0 aliphatic rings. The molecule has 0 radical (unpaired) electrons. The Labute approximate surface area is 116 Å². The van der Waals surface area contributed by atoms with Crippen molar-refractivity contribution < 1.29 is 9.47 Å². The van der Waals surface area contributed by atoms with Gasteiger partial charge in [-0.1, -0.05) is 20.8 Å². The molecule has 1 aromatic rings. The van der Waals surface area contributed by atoms with Gasteiger partial charge in [0.25, 0.3) is 0 Å². The van der Waals surface area contributed by atoms with Gasteiger partial charge in [-0.05, 0) is 20.3 Å². The van der Waals surface area contributed by atoms with Crippen molar-refractivity contribution in [3.8, 4) is 5.75 Å². The summed E-state index contributed by atoms with van der Waals surface area (Å²) in [5, 5.41) is 3.28. The summed E-state index contributed by atoms with van der Waals surface area (Å²) in [6.45, 7) is 7.37. The van der Waals surface area contributed by atoms with Gasteiger partial charge in [0.2, 0.25) is 0 Å². The van der Waals surface area contributed by atoms with Crippen molar-refractivity contribution >= 4 is 5.82 Å². The van der Waals surface area contributed by atoms with E-state index in [0.717, 1.165) is 31.0 Å². The fourth-order valence-corrected chi connectivity index (χ4v) is 1.35. The highest BCUT2D eigenvalue weighted by Gasteiger charge is 2.08. The van der Waals surface area contributed by atoms with Gasteiger partial charge in [-0.3, -0.25) is 0 Å². The van der Waals surface area contributed by atoms with E-state index in [1.165, 1.54) is 0 Å². The van der Waals surface area contributed by atoms with Crippen LogP contribution < -0.4 is 10.1 Å². The van der Waals surface area contributed by atoms with Crippen molar-refractivity contribution in [3.05, 3.63) is 12.0 Å². The van der Waals surface area contributed by atoms with Gasteiger partial charge in [-0.2, -0.15) is 0 Å². The van der Waals surface area contributed by atoms with Gasteiger partial charge in [0.15, 0.2) is 11.6 Å². The lowest BCUT2D eigenvalue weighted by Gasteiger charge is -2.14. The number of nitrogens with zero attached hydrogens (tertiary/aromatic N) is 2. The monoisotopic (exact) mass is 269 g/mol. The molecule has 0 saturated carbocycles. The minimum atomic E-state index is 0. The molecule has 1 unspecified atom stereocenters. The maximum absolute atomic E-state index is 5.66. The summed E-state index contributed by atoms with van der Waals surface area (Å²) in [6.07, 6.45) is 4.01. The Balaban J connectivity index is 0.00000324. The van der Waals surface area contributed by atoms with Gasteiger partial charge in [-0.25, -0.2) is 9.97 Å². The second kappa shape index (κ2) is 9.55. The van der Waals surface area contributed by atoms with Gasteiger partial charge < -0.3 is 14.8 Å². The van der Waals surface area contributed by atoms with Crippen LogP contribution >= 0.6 is 0 Å². The molecule has 110 valence electrons. The first-order chi connectivity index (χ1) is 8.67. The zero-order valence-electron chi connectivity index (χ0n) is 11.7. The Hall–Kier alpha value is -1.36. The summed E-state index contributed by atoms with van der Waals surface area (Å²) in [5.41, 5.74) is 0. The Morgan fingerprint density at radius 1 is 1.42 bits per heavy atom. The molecular formula is C14H27N3O2. The average molecular weight is 269 g/mol. The van der Waals surface area contributed by atoms with Crippen molar-refractivity contribution in [3.63, 3.8) is 0 Å². The summed E-state index contributed by atoms with van der Waals surface area (Å²) in [6, 6.07) is 0. The van der Waals surface area contributed by atoms with Crippen LogP contribution in [-0.4, -0.2) is 36.3 Å². The smallest absolute Gasteiger partial charge is 0.179 e. The first-order valence-corrected chi connectivity index (χ1v) is 6.40. The van der Waals surface area contributed by atoms with E-state index < -0.39 is 0 Å². The average Bonchev–Trinajstić information content (AvgIpc) is 2.37. The van der Waals surface area contributed by atoms with E-state index in [4.69, 9.17) is 9.47 Å². The van der Waals surface area contributed by atoms with Crippen LogP contribution in [-0.2, 0) is 4.74 Å². The molecule has 0 aliphatic carbocycles. The number of aryl methyl sites for hydroxylation is 1. The first kappa shape index (κ1) is 17.6. The molecular weight excluding hydrogens is 242 g/mol. The number of anilines is 1. The normalized spacial score (nSPS) is 11.6. The highest BCUT2D eigenvalue weighted by molar-refractivity contribution is 5.48. The largest absolute Gasteiger partial charge is 0.485 e. The van der Waals surface area contributed by atoms with Gasteiger partial charge in [0.1, 0.15) is 12.4 Å². The number of hydrogen-bond donors (Lipinski definition) is 1. The number of ether oxygens (including phenoxy) is 2. The van der Waals surface area contributed by atoms with Crippen molar-refractivity contribution in [2.45, 2.75) is 47.1 Å². The van der Waals surface area contributed by atoms with Crippen LogP contribution in [0.4, 0.5) is 5.82 Å². The summed E-state index contributed by atoms with van der Waals surface area (Å²) < 4.78 is 10.8. The molecule has 1 aromatic heterocycles. The van der Waals surface area contributed by atoms with Crippen LogP contribution in [0.2, 0.25) is 0 Å². The highest BCUT2D eigenvalue weighted by atomic mass is 16.5. The molecule has 0 aromatic carbocycles. The summed E-state index contributed by atoms with van der Waals surface area (Å²) in [4.78, 5) is 8.52. The third kappa shape index (κ3) is 6.38. The quantitative estimate of drug-likeness (QED) is 0.735. The van der Waals surface area contributed by atoms with Gasteiger partial charge in [-0.15, -0.1) is 0 Å². The van der Waals surface area contributed by atoms with E-state index >= 15 is 0 Å². The molecule has 1 heterocycles. The number of hydrogen-bond acceptors (Lipinski definition) is 5. The Morgan fingerprint density at radius 2 is 2.16 bits per heavy atom. The van der Waals surface area contributed by atoms with Crippen molar-refractivity contribution in [2.75, 3.05) is 25.6 Å². The second-order valence-electron chi connectivity index (χ2n) is 4.27. The topological polar surface area (TPSA) is 56.3 Å². The van der Waals surface area contributed by atoms with Crippen LogP contribution in [0.1, 0.15) is 39.9 Å². The fourth-order valence-electron chi connectivity index (χ4n) is 1.35. The fraction of sp³-hybridized carbons (Fsp3) is 0.714. The highest BCUT2D eigenvalue weighted by Crippen LogP contribution is 2.21. The molecule has 1 atom stereocenters. The minimum absolute atomic E-state index is 0. The SMILES string of the molecule is C.CCCCNc1nc(C)ncc1OCC(C)OC. The zero-order chi connectivity index (χ0) is 13.4. The predicted octanol–water partition coefficient (Wildman–Crippen LogP) is 3.05. The molecule has 0 fully saturated rings. The van der Waals surface area contributed by atoms with Crippen LogP contribution in [0.25, 0.3) is 0 Å². The van der Waals surface area contributed by atoms with E-state index in [-0.39, 0.29) is 13.5 Å². The number of methoxy groups -OCH3 is 1. The molecule has 1 N–H and O–H groups in total. The molecule has 5 heteroatoms. The summed E-state index contributed by atoms with van der Waals surface area (Å²) in [7, 11) is 1.67. The van der Waals surface area contributed by atoms with E-state index in [2.05, 4.69) is 22.2 Å².